The van der Waals surface area contributed by atoms with Crippen LogP contribution >= 0.6 is 11.3 Å². The highest BCUT2D eigenvalue weighted by atomic mass is 32.1. The van der Waals surface area contributed by atoms with Gasteiger partial charge in [0, 0.05) is 24.0 Å². The number of rotatable bonds is 5. The van der Waals surface area contributed by atoms with Crippen molar-refractivity contribution in [2.75, 3.05) is 5.32 Å². The van der Waals surface area contributed by atoms with Gasteiger partial charge in [0.25, 0.3) is 5.01 Å². The summed E-state index contributed by atoms with van der Waals surface area (Å²) in [5.41, 5.74) is 5.50. The Labute approximate surface area is 177 Å². The Morgan fingerprint density at radius 3 is 2.59 bits per heavy atom. The van der Waals surface area contributed by atoms with Crippen LogP contribution in [0.2, 0.25) is 0 Å². The van der Waals surface area contributed by atoms with Crippen molar-refractivity contribution < 1.29 is 4.57 Å². The van der Waals surface area contributed by atoms with Crippen molar-refractivity contribution in [3.8, 4) is 0 Å². The molecule has 0 radical (unpaired) electrons. The van der Waals surface area contributed by atoms with Crippen LogP contribution in [-0.2, 0) is 6.54 Å². The standard InChI is InChI=1S/C26H28N2S/c1-4-28-23-12-8-9-13-24(23)29-25(28)17-21-16-20(18-26(2,3)19-21)14-15-27-22-10-6-5-7-11-22/h5-17H,4,18-19H2,1-3H3/p+1. The number of hydrogen-bond acceptors (Lipinski definition) is 2. The molecule has 4 rings (SSSR count). The summed E-state index contributed by atoms with van der Waals surface area (Å²) in [7, 11) is 0. The van der Waals surface area contributed by atoms with Gasteiger partial charge in [0.15, 0.2) is 0 Å². The van der Waals surface area contributed by atoms with Crippen molar-refractivity contribution in [2.24, 2.45) is 5.41 Å². The fraction of sp³-hybridized carbons (Fsp3) is 0.269. The largest absolute Gasteiger partial charge is 0.362 e. The van der Waals surface area contributed by atoms with E-state index in [4.69, 9.17) is 0 Å². The molecule has 1 aliphatic carbocycles. The lowest BCUT2D eigenvalue weighted by Gasteiger charge is -2.30. The number of anilines is 1. The van der Waals surface area contributed by atoms with E-state index in [2.05, 4.69) is 91.5 Å². The maximum Gasteiger partial charge on any atom is 0.263 e. The summed E-state index contributed by atoms with van der Waals surface area (Å²) in [5, 5.41) is 4.71. The van der Waals surface area contributed by atoms with Gasteiger partial charge in [0.1, 0.15) is 11.2 Å². The van der Waals surface area contributed by atoms with Crippen LogP contribution in [0.5, 0.6) is 0 Å². The number of nitrogens with one attached hydrogen (secondary N) is 1. The van der Waals surface area contributed by atoms with E-state index in [9.17, 15) is 0 Å². The van der Waals surface area contributed by atoms with E-state index >= 15 is 0 Å². The van der Waals surface area contributed by atoms with Gasteiger partial charge in [0.2, 0.25) is 5.52 Å². The number of benzene rings is 2. The molecule has 0 atom stereocenters. The van der Waals surface area contributed by atoms with Crippen molar-refractivity contribution in [1.82, 2.24) is 0 Å². The summed E-state index contributed by atoms with van der Waals surface area (Å²) in [6, 6.07) is 19.0. The molecule has 0 saturated heterocycles. The average molecular weight is 402 g/mol. The van der Waals surface area contributed by atoms with Crippen LogP contribution in [0.15, 0.2) is 84.1 Å². The Hall–Kier alpha value is -2.65. The molecule has 3 aromatic rings. The number of hydrogen-bond donors (Lipinski definition) is 1. The molecule has 0 amide bonds. The van der Waals surface area contributed by atoms with E-state index in [1.165, 1.54) is 26.4 Å². The van der Waals surface area contributed by atoms with E-state index in [1.54, 1.807) is 0 Å². The van der Waals surface area contributed by atoms with E-state index in [0.29, 0.717) is 0 Å². The van der Waals surface area contributed by atoms with E-state index < -0.39 is 0 Å². The molecular weight excluding hydrogens is 372 g/mol. The zero-order valence-electron chi connectivity index (χ0n) is 17.5. The average Bonchev–Trinajstić information content (AvgIpc) is 3.04. The molecule has 2 aromatic carbocycles. The number of fused-ring (bicyclic) bond motifs is 1. The number of aromatic nitrogens is 1. The first kappa shape index (κ1) is 19.7. The minimum Gasteiger partial charge on any atom is -0.362 e. The normalized spacial score (nSPS) is 17.8. The number of para-hydroxylation sites is 2. The predicted octanol–water partition coefficient (Wildman–Crippen LogP) is 6.96. The van der Waals surface area contributed by atoms with Crippen molar-refractivity contribution in [2.45, 2.75) is 40.2 Å². The van der Waals surface area contributed by atoms with Crippen LogP contribution in [0.3, 0.4) is 0 Å². The minimum atomic E-state index is 0.265. The molecule has 1 aliphatic rings. The first-order valence-electron chi connectivity index (χ1n) is 10.3. The summed E-state index contributed by atoms with van der Waals surface area (Å²) in [6.45, 7) is 7.95. The number of nitrogens with zero attached hydrogens (tertiary/aromatic N) is 1. The number of thiazole rings is 1. The topological polar surface area (TPSA) is 15.9 Å². The fourth-order valence-electron chi connectivity index (χ4n) is 4.13. The maximum absolute atomic E-state index is 3.38. The molecule has 0 spiro atoms. The molecule has 1 heterocycles. The van der Waals surface area contributed by atoms with Gasteiger partial charge >= 0.3 is 0 Å². The van der Waals surface area contributed by atoms with Gasteiger partial charge in [-0.05, 0) is 60.6 Å². The Kier molecular flexibility index (Phi) is 5.68. The van der Waals surface area contributed by atoms with E-state index in [-0.39, 0.29) is 5.41 Å². The van der Waals surface area contributed by atoms with Crippen LogP contribution in [-0.4, -0.2) is 0 Å². The monoisotopic (exact) mass is 401 g/mol. The molecule has 2 nitrogen and oxygen atoms in total. The fourth-order valence-corrected chi connectivity index (χ4v) is 5.33. The van der Waals surface area contributed by atoms with Gasteiger partial charge in [-0.1, -0.05) is 61.6 Å². The third kappa shape index (κ3) is 4.68. The lowest BCUT2D eigenvalue weighted by Crippen LogP contribution is -2.33. The number of allylic oxidation sites excluding steroid dienone is 4. The van der Waals surface area contributed by atoms with Crippen molar-refractivity contribution in [1.29, 1.82) is 0 Å². The zero-order valence-corrected chi connectivity index (χ0v) is 18.3. The second-order valence-corrected chi connectivity index (χ2v) is 9.51. The lowest BCUT2D eigenvalue weighted by atomic mass is 9.75. The lowest BCUT2D eigenvalue weighted by molar-refractivity contribution is -0.665. The Morgan fingerprint density at radius 1 is 1.03 bits per heavy atom. The predicted molar refractivity (Wildman–Crippen MR) is 126 cm³/mol. The molecule has 29 heavy (non-hydrogen) atoms. The maximum atomic E-state index is 3.38. The molecule has 3 heteroatoms. The highest BCUT2D eigenvalue weighted by molar-refractivity contribution is 7.18. The molecule has 0 aliphatic heterocycles. The van der Waals surface area contributed by atoms with E-state index in [0.717, 1.165) is 25.1 Å². The summed E-state index contributed by atoms with van der Waals surface area (Å²) in [5.74, 6) is 0. The zero-order chi connectivity index (χ0) is 20.3. The van der Waals surface area contributed by atoms with Crippen molar-refractivity contribution in [3.05, 3.63) is 89.1 Å². The van der Waals surface area contributed by atoms with Crippen LogP contribution in [0.25, 0.3) is 16.3 Å². The molecule has 0 bridgehead atoms. The Morgan fingerprint density at radius 2 is 1.79 bits per heavy atom. The first-order chi connectivity index (χ1) is 14.0. The van der Waals surface area contributed by atoms with Gasteiger partial charge in [-0.2, -0.15) is 4.57 Å². The Bertz CT molecular complexity index is 1080. The smallest absolute Gasteiger partial charge is 0.263 e. The van der Waals surface area contributed by atoms with Crippen LogP contribution in [0, 0.1) is 5.41 Å². The van der Waals surface area contributed by atoms with E-state index in [1.807, 2.05) is 29.5 Å². The second-order valence-electron chi connectivity index (χ2n) is 8.45. The SMILES string of the molecule is CC[n+]1c(/C=C2C=C(/C=C/Nc3ccccc3)CC(C)(C)C/2)sc2ccccc21. The van der Waals surface area contributed by atoms with Crippen LogP contribution < -0.4 is 9.88 Å². The molecule has 0 saturated carbocycles. The molecular formula is C26H29N2S+. The van der Waals surface area contributed by atoms with Gasteiger partial charge in [0.05, 0.1) is 0 Å². The first-order valence-corrected chi connectivity index (χ1v) is 11.2. The van der Waals surface area contributed by atoms with Gasteiger partial charge < -0.3 is 5.32 Å². The van der Waals surface area contributed by atoms with Crippen LogP contribution in [0.4, 0.5) is 5.69 Å². The Balaban J connectivity index is 1.63. The summed E-state index contributed by atoms with van der Waals surface area (Å²) >= 11 is 1.89. The number of aryl methyl sites for hydroxylation is 1. The van der Waals surface area contributed by atoms with Crippen molar-refractivity contribution in [3.63, 3.8) is 0 Å². The third-order valence-electron chi connectivity index (χ3n) is 5.32. The molecule has 0 fully saturated rings. The molecule has 148 valence electrons. The third-order valence-corrected chi connectivity index (χ3v) is 6.43. The molecule has 1 aromatic heterocycles. The summed E-state index contributed by atoms with van der Waals surface area (Å²) in [4.78, 5) is 0. The second kappa shape index (κ2) is 8.38. The molecule has 0 unspecified atom stereocenters. The molecule has 1 N–H and O–H groups in total. The van der Waals surface area contributed by atoms with Crippen molar-refractivity contribution >= 4 is 33.3 Å². The summed E-state index contributed by atoms with van der Waals surface area (Å²) in [6.07, 6.45) is 11.3. The van der Waals surface area contributed by atoms with Gasteiger partial charge in [-0.25, -0.2) is 0 Å². The van der Waals surface area contributed by atoms with Gasteiger partial charge in [-0.15, -0.1) is 0 Å². The highest BCUT2D eigenvalue weighted by Crippen LogP contribution is 2.39. The summed E-state index contributed by atoms with van der Waals surface area (Å²) < 4.78 is 3.78. The van der Waals surface area contributed by atoms with Gasteiger partial charge in [-0.3, -0.25) is 0 Å². The van der Waals surface area contributed by atoms with Crippen LogP contribution in [0.1, 0.15) is 38.6 Å². The minimum absolute atomic E-state index is 0.265. The quantitative estimate of drug-likeness (QED) is 0.457. The highest BCUT2D eigenvalue weighted by Gasteiger charge is 2.26.